The predicted molar refractivity (Wildman–Crippen MR) is 48.1 cm³/mol. The second-order valence-corrected chi connectivity index (χ2v) is 3.51. The van der Waals surface area contributed by atoms with Gasteiger partial charge in [-0.05, 0) is 26.2 Å². The lowest BCUT2D eigenvalue weighted by Gasteiger charge is -2.23. The van der Waals surface area contributed by atoms with E-state index in [0.29, 0.717) is 13.0 Å². The van der Waals surface area contributed by atoms with Crippen LogP contribution in [0.1, 0.15) is 32.6 Å². The largest absolute Gasteiger partial charge is 0.466 e. The summed E-state index contributed by atoms with van der Waals surface area (Å²) in [7, 11) is 0. The molecule has 1 saturated carbocycles. The molecule has 1 aliphatic carbocycles. The van der Waals surface area contributed by atoms with Crippen molar-refractivity contribution >= 4 is 12.3 Å². The van der Waals surface area contributed by atoms with Crippen LogP contribution in [-0.4, -0.2) is 18.9 Å². The second-order valence-electron chi connectivity index (χ2n) is 3.51. The molecule has 74 valence electrons. The van der Waals surface area contributed by atoms with E-state index in [9.17, 15) is 9.59 Å². The fraction of sp³-hybridized carbons (Fsp3) is 0.800. The normalized spacial score (nSPS) is 28.1. The van der Waals surface area contributed by atoms with E-state index in [1.807, 2.05) is 0 Å². The molecule has 0 amide bonds. The third-order valence-electron chi connectivity index (χ3n) is 2.53. The van der Waals surface area contributed by atoms with Crippen LogP contribution in [0.15, 0.2) is 0 Å². The Kier molecular flexibility index (Phi) is 3.93. The van der Waals surface area contributed by atoms with Gasteiger partial charge >= 0.3 is 5.97 Å². The molecule has 0 saturated heterocycles. The Bertz CT molecular complexity index is 189. The van der Waals surface area contributed by atoms with Crippen LogP contribution in [0.5, 0.6) is 0 Å². The molecule has 0 aromatic rings. The quantitative estimate of drug-likeness (QED) is 0.493. The van der Waals surface area contributed by atoms with E-state index >= 15 is 0 Å². The number of hydrogen-bond acceptors (Lipinski definition) is 3. The lowest BCUT2D eigenvalue weighted by molar-refractivity contribution is -0.149. The molecule has 1 fully saturated rings. The van der Waals surface area contributed by atoms with E-state index < -0.39 is 0 Å². The van der Waals surface area contributed by atoms with Crippen molar-refractivity contribution in [3.8, 4) is 0 Å². The van der Waals surface area contributed by atoms with E-state index in [-0.39, 0.29) is 17.8 Å². The topological polar surface area (TPSA) is 43.4 Å². The van der Waals surface area contributed by atoms with Gasteiger partial charge in [0.2, 0.25) is 0 Å². The van der Waals surface area contributed by atoms with E-state index in [1.165, 1.54) is 0 Å². The molecule has 3 heteroatoms. The fourth-order valence-electron chi connectivity index (χ4n) is 1.83. The van der Waals surface area contributed by atoms with Crippen molar-refractivity contribution in [2.24, 2.45) is 11.8 Å². The van der Waals surface area contributed by atoms with Crippen molar-refractivity contribution in [1.82, 2.24) is 0 Å². The maximum Gasteiger partial charge on any atom is 0.308 e. The highest BCUT2D eigenvalue weighted by Crippen LogP contribution is 2.28. The second kappa shape index (κ2) is 5.00. The third-order valence-corrected chi connectivity index (χ3v) is 2.53. The molecule has 0 N–H and O–H groups in total. The van der Waals surface area contributed by atoms with Crippen LogP contribution in [0.2, 0.25) is 0 Å². The Balaban J connectivity index is 2.41. The molecule has 0 heterocycles. The Morgan fingerprint density at radius 2 is 2.31 bits per heavy atom. The highest BCUT2D eigenvalue weighted by molar-refractivity contribution is 5.73. The lowest BCUT2D eigenvalue weighted by atomic mass is 9.82. The molecule has 0 radical (unpaired) electrons. The molecule has 0 spiro atoms. The third kappa shape index (κ3) is 2.83. The van der Waals surface area contributed by atoms with Gasteiger partial charge in [0.15, 0.2) is 0 Å². The number of carbonyl (C=O) groups excluding carboxylic acids is 2. The number of hydrogen-bond donors (Lipinski definition) is 0. The van der Waals surface area contributed by atoms with E-state index in [1.54, 1.807) is 6.92 Å². The summed E-state index contributed by atoms with van der Waals surface area (Å²) in [6.07, 6.45) is 4.42. The van der Waals surface area contributed by atoms with Crippen LogP contribution in [0.3, 0.4) is 0 Å². The van der Waals surface area contributed by atoms with Gasteiger partial charge in [-0.25, -0.2) is 0 Å². The van der Waals surface area contributed by atoms with E-state index in [0.717, 1.165) is 25.5 Å². The molecular weight excluding hydrogens is 168 g/mol. The zero-order valence-electron chi connectivity index (χ0n) is 7.99. The zero-order chi connectivity index (χ0) is 9.68. The first-order valence-corrected chi connectivity index (χ1v) is 4.89. The molecule has 0 aliphatic heterocycles. The first-order valence-electron chi connectivity index (χ1n) is 4.89. The van der Waals surface area contributed by atoms with Crippen molar-refractivity contribution in [3.63, 3.8) is 0 Å². The molecule has 0 bridgehead atoms. The number of esters is 1. The van der Waals surface area contributed by atoms with E-state index in [2.05, 4.69) is 0 Å². The highest BCUT2D eigenvalue weighted by Gasteiger charge is 2.27. The minimum absolute atomic E-state index is 0.0381. The molecule has 3 nitrogen and oxygen atoms in total. The Hall–Kier alpha value is -0.860. The Morgan fingerprint density at radius 1 is 1.54 bits per heavy atom. The summed E-state index contributed by atoms with van der Waals surface area (Å²) < 4.78 is 4.92. The van der Waals surface area contributed by atoms with Crippen LogP contribution in [0.25, 0.3) is 0 Å². The molecule has 0 aromatic heterocycles. The van der Waals surface area contributed by atoms with Crippen LogP contribution in [0.4, 0.5) is 0 Å². The predicted octanol–water partition coefficient (Wildman–Crippen LogP) is 1.55. The van der Waals surface area contributed by atoms with Gasteiger partial charge in [-0.15, -0.1) is 0 Å². The molecule has 0 unspecified atom stereocenters. The minimum Gasteiger partial charge on any atom is -0.466 e. The van der Waals surface area contributed by atoms with Crippen LogP contribution >= 0.6 is 0 Å². The summed E-state index contributed by atoms with van der Waals surface area (Å²) in [5.74, 6) is -0.0962. The first-order chi connectivity index (χ1) is 6.27. The van der Waals surface area contributed by atoms with Gasteiger partial charge in [-0.3, -0.25) is 4.79 Å². The zero-order valence-corrected chi connectivity index (χ0v) is 7.99. The molecule has 13 heavy (non-hydrogen) atoms. The molecule has 2 atom stereocenters. The van der Waals surface area contributed by atoms with Gasteiger partial charge in [0.25, 0.3) is 0 Å². The van der Waals surface area contributed by atoms with Gasteiger partial charge in [0, 0.05) is 5.92 Å². The van der Waals surface area contributed by atoms with Gasteiger partial charge in [0.1, 0.15) is 6.29 Å². The summed E-state index contributed by atoms with van der Waals surface area (Å²) in [5.41, 5.74) is 0. The van der Waals surface area contributed by atoms with Gasteiger partial charge < -0.3 is 9.53 Å². The number of carbonyl (C=O) groups is 2. The smallest absolute Gasteiger partial charge is 0.308 e. The average Bonchev–Trinajstić information content (AvgIpc) is 2.18. The maximum atomic E-state index is 11.3. The number of aldehydes is 1. The lowest BCUT2D eigenvalue weighted by Crippen LogP contribution is -2.25. The Morgan fingerprint density at radius 3 is 2.92 bits per heavy atom. The average molecular weight is 184 g/mol. The van der Waals surface area contributed by atoms with E-state index in [4.69, 9.17) is 4.74 Å². The SMILES string of the molecule is CCOC(=O)[C@@H]1CCC[C@H](C=O)C1. The molecule has 1 aliphatic rings. The minimum atomic E-state index is -0.131. The highest BCUT2D eigenvalue weighted by atomic mass is 16.5. The van der Waals surface area contributed by atoms with Crippen molar-refractivity contribution < 1.29 is 14.3 Å². The molecule has 1 rings (SSSR count). The van der Waals surface area contributed by atoms with Crippen molar-refractivity contribution in [2.75, 3.05) is 6.61 Å². The maximum absolute atomic E-state index is 11.3. The van der Waals surface area contributed by atoms with Crippen LogP contribution < -0.4 is 0 Å². The number of ether oxygens (including phenoxy) is 1. The monoisotopic (exact) mass is 184 g/mol. The van der Waals surface area contributed by atoms with Crippen molar-refractivity contribution in [2.45, 2.75) is 32.6 Å². The fourth-order valence-corrected chi connectivity index (χ4v) is 1.83. The molecular formula is C10H16O3. The van der Waals surface area contributed by atoms with Crippen molar-refractivity contribution in [1.29, 1.82) is 0 Å². The summed E-state index contributed by atoms with van der Waals surface area (Å²) in [6, 6.07) is 0. The summed E-state index contributed by atoms with van der Waals surface area (Å²) in [4.78, 5) is 21.9. The van der Waals surface area contributed by atoms with Gasteiger partial charge in [-0.1, -0.05) is 6.42 Å². The van der Waals surface area contributed by atoms with Crippen LogP contribution in [0, 0.1) is 11.8 Å². The summed E-state index contributed by atoms with van der Waals surface area (Å²) in [6.45, 7) is 2.24. The standard InChI is InChI=1S/C10H16O3/c1-2-13-10(12)9-5-3-4-8(6-9)7-11/h7-9H,2-6H2,1H3/t8-,9+/m0/s1. The van der Waals surface area contributed by atoms with Gasteiger partial charge in [-0.2, -0.15) is 0 Å². The number of rotatable bonds is 3. The van der Waals surface area contributed by atoms with Gasteiger partial charge in [0.05, 0.1) is 12.5 Å². The first kappa shape index (κ1) is 10.2. The Labute approximate surface area is 78.5 Å². The summed E-state index contributed by atoms with van der Waals surface area (Å²) in [5, 5.41) is 0. The molecule has 0 aromatic carbocycles. The van der Waals surface area contributed by atoms with Crippen molar-refractivity contribution in [3.05, 3.63) is 0 Å². The van der Waals surface area contributed by atoms with Crippen LogP contribution in [-0.2, 0) is 14.3 Å². The summed E-state index contributed by atoms with van der Waals surface area (Å²) >= 11 is 0.